The van der Waals surface area contributed by atoms with E-state index in [9.17, 15) is 5.11 Å². The molecule has 3 aromatic rings. The third kappa shape index (κ3) is 3.72. The number of hydrogen-bond donors (Lipinski definition) is 1. The van der Waals surface area contributed by atoms with E-state index >= 15 is 0 Å². The van der Waals surface area contributed by atoms with Crippen molar-refractivity contribution in [3.8, 4) is 28.5 Å². The van der Waals surface area contributed by atoms with Gasteiger partial charge in [0.05, 0.1) is 12.3 Å². The first-order valence-electron chi connectivity index (χ1n) is 9.83. The zero-order chi connectivity index (χ0) is 21.1. The summed E-state index contributed by atoms with van der Waals surface area (Å²) in [7, 11) is 3.25. The Labute approximate surface area is 176 Å². The largest absolute Gasteiger partial charge is 0.504 e. The maximum Gasteiger partial charge on any atom is 0.188 e. The van der Waals surface area contributed by atoms with Crippen LogP contribution in [0.5, 0.6) is 17.2 Å². The SMILES string of the molecule is COCOc1ccc(C(OC)c2c(C)cc(O)c3c2CCO3)nc1-c1ccccc1. The number of phenolic OH excluding ortho intramolecular Hbond substituents is 1. The fourth-order valence-electron chi connectivity index (χ4n) is 3.93. The number of ether oxygens (including phenoxy) is 4. The molecule has 2 aromatic carbocycles. The normalized spacial score (nSPS) is 13.6. The molecule has 156 valence electrons. The van der Waals surface area contributed by atoms with Gasteiger partial charge in [0.25, 0.3) is 0 Å². The molecule has 0 aliphatic carbocycles. The highest BCUT2D eigenvalue weighted by Gasteiger charge is 2.29. The Morgan fingerprint density at radius 2 is 1.93 bits per heavy atom. The van der Waals surface area contributed by atoms with Crippen LogP contribution < -0.4 is 9.47 Å². The summed E-state index contributed by atoms with van der Waals surface area (Å²) < 4.78 is 22.4. The fraction of sp³-hybridized carbons (Fsp3) is 0.292. The van der Waals surface area contributed by atoms with E-state index in [1.54, 1.807) is 20.3 Å². The van der Waals surface area contributed by atoms with Gasteiger partial charge < -0.3 is 24.1 Å². The lowest BCUT2D eigenvalue weighted by Gasteiger charge is -2.22. The quantitative estimate of drug-likeness (QED) is 0.585. The van der Waals surface area contributed by atoms with Crippen molar-refractivity contribution in [2.45, 2.75) is 19.4 Å². The van der Waals surface area contributed by atoms with Crippen LogP contribution in [-0.4, -0.2) is 37.7 Å². The number of nitrogens with zero attached hydrogens (tertiary/aromatic N) is 1. The van der Waals surface area contributed by atoms with Crippen molar-refractivity contribution >= 4 is 0 Å². The van der Waals surface area contributed by atoms with Crippen LogP contribution in [-0.2, 0) is 15.9 Å². The first kappa shape index (κ1) is 20.2. The lowest BCUT2D eigenvalue weighted by Crippen LogP contribution is -2.11. The number of pyridine rings is 1. The molecule has 0 bridgehead atoms. The van der Waals surface area contributed by atoms with E-state index < -0.39 is 6.10 Å². The Bertz CT molecular complexity index is 1040. The molecule has 6 nitrogen and oxygen atoms in total. The van der Waals surface area contributed by atoms with Crippen molar-refractivity contribution in [1.82, 2.24) is 4.98 Å². The van der Waals surface area contributed by atoms with E-state index in [1.807, 2.05) is 49.4 Å². The molecule has 0 fully saturated rings. The van der Waals surface area contributed by atoms with E-state index in [1.165, 1.54) is 0 Å². The van der Waals surface area contributed by atoms with Crippen molar-refractivity contribution in [3.63, 3.8) is 0 Å². The van der Waals surface area contributed by atoms with Crippen LogP contribution in [0, 0.1) is 6.92 Å². The van der Waals surface area contributed by atoms with Crippen molar-refractivity contribution in [2.24, 2.45) is 0 Å². The molecule has 2 heterocycles. The summed E-state index contributed by atoms with van der Waals surface area (Å²) in [6.07, 6.45) is 0.320. The molecule has 1 aromatic heterocycles. The lowest BCUT2D eigenvalue weighted by atomic mass is 9.92. The number of aryl methyl sites for hydroxylation is 1. The summed E-state index contributed by atoms with van der Waals surface area (Å²) in [6.45, 7) is 2.65. The average Bonchev–Trinajstić information content (AvgIpc) is 3.26. The van der Waals surface area contributed by atoms with E-state index in [2.05, 4.69) is 0 Å². The number of phenols is 1. The number of benzene rings is 2. The summed E-state index contributed by atoms with van der Waals surface area (Å²) in [4.78, 5) is 4.92. The van der Waals surface area contributed by atoms with Crippen LogP contribution in [0.1, 0.15) is 28.5 Å². The monoisotopic (exact) mass is 407 g/mol. The maximum atomic E-state index is 10.3. The van der Waals surface area contributed by atoms with Crippen LogP contribution in [0.25, 0.3) is 11.3 Å². The molecule has 0 saturated carbocycles. The number of methoxy groups -OCH3 is 2. The fourth-order valence-corrected chi connectivity index (χ4v) is 3.93. The molecule has 4 rings (SSSR count). The Hall–Kier alpha value is -3.09. The molecule has 1 atom stereocenters. The summed E-state index contributed by atoms with van der Waals surface area (Å²) in [5, 5.41) is 10.3. The minimum Gasteiger partial charge on any atom is -0.504 e. The van der Waals surface area contributed by atoms with Crippen LogP contribution in [0.3, 0.4) is 0 Å². The molecule has 0 saturated heterocycles. The zero-order valence-electron chi connectivity index (χ0n) is 17.3. The van der Waals surface area contributed by atoms with Gasteiger partial charge in [0, 0.05) is 31.8 Å². The number of aromatic nitrogens is 1. The Kier molecular flexibility index (Phi) is 5.88. The van der Waals surface area contributed by atoms with Crippen LogP contribution in [0.15, 0.2) is 48.5 Å². The Balaban J connectivity index is 1.83. The van der Waals surface area contributed by atoms with E-state index in [-0.39, 0.29) is 12.5 Å². The molecular formula is C24H25NO5. The predicted molar refractivity (Wildman–Crippen MR) is 113 cm³/mol. The van der Waals surface area contributed by atoms with E-state index in [0.717, 1.165) is 40.1 Å². The first-order valence-corrected chi connectivity index (χ1v) is 9.83. The number of rotatable bonds is 7. The zero-order valence-corrected chi connectivity index (χ0v) is 17.3. The second-order valence-electron chi connectivity index (χ2n) is 7.15. The molecule has 1 unspecified atom stereocenters. The molecule has 1 aliphatic rings. The molecule has 0 spiro atoms. The van der Waals surface area contributed by atoms with Crippen LogP contribution in [0.4, 0.5) is 0 Å². The van der Waals surface area contributed by atoms with Gasteiger partial charge in [-0.2, -0.15) is 0 Å². The van der Waals surface area contributed by atoms with Gasteiger partial charge >= 0.3 is 0 Å². The van der Waals surface area contributed by atoms with Gasteiger partial charge in [0.2, 0.25) is 0 Å². The van der Waals surface area contributed by atoms with E-state index in [0.29, 0.717) is 18.1 Å². The lowest BCUT2D eigenvalue weighted by molar-refractivity contribution is 0.0512. The van der Waals surface area contributed by atoms with E-state index in [4.69, 9.17) is 23.9 Å². The molecule has 1 aliphatic heterocycles. The minimum atomic E-state index is -0.403. The number of hydrogen-bond acceptors (Lipinski definition) is 6. The van der Waals surface area contributed by atoms with Gasteiger partial charge in [-0.3, -0.25) is 0 Å². The van der Waals surface area contributed by atoms with Gasteiger partial charge in [-0.1, -0.05) is 30.3 Å². The minimum absolute atomic E-state index is 0.135. The standard InChI is InChI=1S/C24H25NO5/c1-15-13-19(26)23-17(11-12-29-23)21(15)24(28-3)18-9-10-20(30-14-27-2)22(25-18)16-7-5-4-6-8-16/h4-10,13,24,26H,11-12,14H2,1-3H3. The topological polar surface area (TPSA) is 70.0 Å². The van der Waals surface area contributed by atoms with Crippen molar-refractivity contribution in [1.29, 1.82) is 0 Å². The van der Waals surface area contributed by atoms with Crippen LogP contribution >= 0.6 is 0 Å². The molecule has 0 radical (unpaired) electrons. The molecule has 0 amide bonds. The second-order valence-corrected chi connectivity index (χ2v) is 7.15. The second kappa shape index (κ2) is 8.73. The van der Waals surface area contributed by atoms with Crippen molar-refractivity contribution in [3.05, 3.63) is 70.9 Å². The average molecular weight is 407 g/mol. The Morgan fingerprint density at radius 1 is 1.13 bits per heavy atom. The number of fused-ring (bicyclic) bond motifs is 1. The van der Waals surface area contributed by atoms with Gasteiger partial charge in [0.1, 0.15) is 17.5 Å². The smallest absolute Gasteiger partial charge is 0.188 e. The predicted octanol–water partition coefficient (Wildman–Crippen LogP) is 4.42. The first-order chi connectivity index (χ1) is 14.6. The van der Waals surface area contributed by atoms with Gasteiger partial charge in [0.15, 0.2) is 18.3 Å². The highest BCUT2D eigenvalue weighted by atomic mass is 16.7. The highest BCUT2D eigenvalue weighted by molar-refractivity contribution is 5.67. The summed E-state index contributed by atoms with van der Waals surface area (Å²) >= 11 is 0. The number of aromatic hydroxyl groups is 1. The molecular weight excluding hydrogens is 382 g/mol. The van der Waals surface area contributed by atoms with Crippen LogP contribution in [0.2, 0.25) is 0 Å². The third-order valence-corrected chi connectivity index (χ3v) is 5.23. The van der Waals surface area contributed by atoms with Gasteiger partial charge in [-0.25, -0.2) is 4.98 Å². The Morgan fingerprint density at radius 3 is 2.67 bits per heavy atom. The summed E-state index contributed by atoms with van der Waals surface area (Å²) in [5.74, 6) is 1.35. The molecule has 1 N–H and O–H groups in total. The highest BCUT2D eigenvalue weighted by Crippen LogP contribution is 2.44. The molecule has 6 heteroatoms. The van der Waals surface area contributed by atoms with Crippen molar-refractivity contribution in [2.75, 3.05) is 27.6 Å². The summed E-state index contributed by atoms with van der Waals surface area (Å²) in [5.41, 5.74) is 5.31. The third-order valence-electron chi connectivity index (χ3n) is 5.23. The van der Waals surface area contributed by atoms with Gasteiger partial charge in [-0.15, -0.1) is 0 Å². The van der Waals surface area contributed by atoms with Gasteiger partial charge in [-0.05, 0) is 36.2 Å². The van der Waals surface area contributed by atoms with Crippen molar-refractivity contribution < 1.29 is 24.1 Å². The summed E-state index contributed by atoms with van der Waals surface area (Å²) in [6, 6.07) is 15.4. The maximum absolute atomic E-state index is 10.3. The molecule has 30 heavy (non-hydrogen) atoms.